The maximum Gasteiger partial charge on any atom is 0.346 e. The molecule has 0 atom stereocenters. The largest absolute Gasteiger partial charge is 0.507 e. The number of benzene rings is 1. The van der Waals surface area contributed by atoms with Gasteiger partial charge in [0.2, 0.25) is 0 Å². The summed E-state index contributed by atoms with van der Waals surface area (Å²) in [7, 11) is 0. The van der Waals surface area contributed by atoms with Crippen molar-refractivity contribution in [2.24, 2.45) is 0 Å². The molecule has 0 aromatic heterocycles. The first kappa shape index (κ1) is 9.32. The number of para-hydroxylation sites is 1. The van der Waals surface area contributed by atoms with Crippen LogP contribution in [0, 0.1) is 0 Å². The molecular weight excluding hydrogens is 168 g/mol. The average molecular weight is 178 g/mol. The molecule has 3 heteroatoms. The molecule has 1 N–H and O–H groups in total. The number of allylic oxidation sites excluding steroid dienone is 1. The van der Waals surface area contributed by atoms with Crippen LogP contribution in [0.4, 0.5) is 0 Å². The van der Waals surface area contributed by atoms with E-state index in [0.29, 0.717) is 5.76 Å². The van der Waals surface area contributed by atoms with Crippen molar-refractivity contribution in [1.29, 1.82) is 0 Å². The third-order valence-electron chi connectivity index (χ3n) is 1.39. The first-order valence-electron chi connectivity index (χ1n) is 3.77. The minimum atomic E-state index is -0.592. The molecule has 1 rings (SSSR count). The fourth-order valence-corrected chi connectivity index (χ4v) is 0.859. The van der Waals surface area contributed by atoms with Crippen molar-refractivity contribution in [2.45, 2.75) is 6.92 Å². The lowest BCUT2D eigenvalue weighted by Gasteiger charge is -2.03. The number of aromatic hydroxyl groups is 1. The predicted octanol–water partition coefficient (Wildman–Crippen LogP) is 2.08. The molecule has 0 fully saturated rings. The molecule has 13 heavy (non-hydrogen) atoms. The summed E-state index contributed by atoms with van der Waals surface area (Å²) in [4.78, 5) is 11.2. The zero-order valence-electron chi connectivity index (χ0n) is 7.28. The van der Waals surface area contributed by atoms with Gasteiger partial charge in [0.25, 0.3) is 0 Å². The monoisotopic (exact) mass is 178 g/mol. The van der Waals surface area contributed by atoms with E-state index >= 15 is 0 Å². The lowest BCUT2D eigenvalue weighted by atomic mass is 10.2. The summed E-state index contributed by atoms with van der Waals surface area (Å²) in [6.07, 6.45) is 0. The Kier molecular flexibility index (Phi) is 2.69. The predicted molar refractivity (Wildman–Crippen MR) is 48.3 cm³/mol. The Morgan fingerprint density at radius 3 is 2.62 bits per heavy atom. The SMILES string of the molecule is C=C(C)OC(=O)c1ccccc1O. The van der Waals surface area contributed by atoms with Crippen LogP contribution in [0.25, 0.3) is 0 Å². The van der Waals surface area contributed by atoms with E-state index < -0.39 is 5.97 Å². The maximum atomic E-state index is 11.2. The molecule has 0 heterocycles. The lowest BCUT2D eigenvalue weighted by molar-refractivity contribution is 0.0624. The van der Waals surface area contributed by atoms with Crippen molar-refractivity contribution in [3.63, 3.8) is 0 Å². The zero-order valence-corrected chi connectivity index (χ0v) is 7.28. The van der Waals surface area contributed by atoms with Crippen molar-refractivity contribution in [3.05, 3.63) is 42.2 Å². The number of hydrogen-bond donors (Lipinski definition) is 1. The summed E-state index contributed by atoms with van der Waals surface area (Å²) in [5.41, 5.74) is 0.144. The molecule has 1 aromatic rings. The van der Waals surface area contributed by atoms with Gasteiger partial charge in [0.05, 0.1) is 5.76 Å². The fraction of sp³-hybridized carbons (Fsp3) is 0.100. The highest BCUT2D eigenvalue weighted by molar-refractivity contribution is 5.92. The van der Waals surface area contributed by atoms with Gasteiger partial charge in [-0.15, -0.1) is 0 Å². The number of ether oxygens (including phenoxy) is 1. The van der Waals surface area contributed by atoms with Crippen LogP contribution in [0.15, 0.2) is 36.6 Å². The minimum absolute atomic E-state index is 0.0891. The van der Waals surface area contributed by atoms with Gasteiger partial charge in [-0.05, 0) is 19.1 Å². The summed E-state index contributed by atoms with van der Waals surface area (Å²) < 4.78 is 4.72. The van der Waals surface area contributed by atoms with Crippen molar-refractivity contribution >= 4 is 5.97 Å². The van der Waals surface area contributed by atoms with Gasteiger partial charge in [-0.25, -0.2) is 4.79 Å². The molecule has 0 unspecified atom stereocenters. The molecule has 0 amide bonds. The van der Waals surface area contributed by atoms with Crippen LogP contribution in [0.5, 0.6) is 5.75 Å². The van der Waals surface area contributed by atoms with Crippen LogP contribution < -0.4 is 0 Å². The van der Waals surface area contributed by atoms with Crippen molar-refractivity contribution in [2.75, 3.05) is 0 Å². The Morgan fingerprint density at radius 2 is 2.08 bits per heavy atom. The second-order valence-electron chi connectivity index (χ2n) is 2.61. The summed E-state index contributed by atoms with van der Waals surface area (Å²) in [6.45, 7) is 4.99. The molecule has 0 saturated heterocycles. The third-order valence-corrected chi connectivity index (χ3v) is 1.39. The van der Waals surface area contributed by atoms with Gasteiger partial charge < -0.3 is 9.84 Å². The van der Waals surface area contributed by atoms with Crippen LogP contribution in [0.3, 0.4) is 0 Å². The van der Waals surface area contributed by atoms with Crippen LogP contribution in [0.1, 0.15) is 17.3 Å². The van der Waals surface area contributed by atoms with Gasteiger partial charge in [0, 0.05) is 0 Å². The van der Waals surface area contributed by atoms with Gasteiger partial charge in [-0.3, -0.25) is 0 Å². The van der Waals surface area contributed by atoms with Crippen molar-refractivity contribution < 1.29 is 14.6 Å². The van der Waals surface area contributed by atoms with E-state index in [-0.39, 0.29) is 11.3 Å². The molecule has 1 aromatic carbocycles. The van der Waals surface area contributed by atoms with E-state index in [2.05, 4.69) is 6.58 Å². The fourth-order valence-electron chi connectivity index (χ4n) is 0.859. The topological polar surface area (TPSA) is 46.5 Å². The highest BCUT2D eigenvalue weighted by Crippen LogP contribution is 2.17. The standard InChI is InChI=1S/C10H10O3/c1-7(2)13-10(12)8-5-3-4-6-9(8)11/h3-6,11H,1H2,2H3. The summed E-state index contributed by atoms with van der Waals surface area (Å²) in [5.74, 6) is -0.382. The Morgan fingerprint density at radius 1 is 1.46 bits per heavy atom. The molecule has 0 aliphatic rings. The minimum Gasteiger partial charge on any atom is -0.507 e. The molecule has 0 bridgehead atoms. The highest BCUT2D eigenvalue weighted by Gasteiger charge is 2.11. The molecule has 0 saturated carbocycles. The molecular formula is C10H10O3. The Labute approximate surface area is 76.3 Å². The van der Waals surface area contributed by atoms with Crippen molar-refractivity contribution in [3.8, 4) is 5.75 Å². The Bertz CT molecular complexity index is 342. The van der Waals surface area contributed by atoms with Crippen molar-refractivity contribution in [1.82, 2.24) is 0 Å². The number of phenols is 1. The maximum absolute atomic E-state index is 11.2. The van der Waals surface area contributed by atoms with Gasteiger partial charge in [-0.1, -0.05) is 18.7 Å². The van der Waals surface area contributed by atoms with E-state index in [4.69, 9.17) is 4.74 Å². The second-order valence-corrected chi connectivity index (χ2v) is 2.61. The normalized spacial score (nSPS) is 9.31. The van der Waals surface area contributed by atoms with Crippen LogP contribution in [-0.2, 0) is 4.74 Å². The number of phenolic OH excluding ortho intramolecular Hbond substituents is 1. The number of carbonyl (C=O) groups excluding carboxylic acids is 1. The highest BCUT2D eigenvalue weighted by atomic mass is 16.5. The van der Waals surface area contributed by atoms with Crippen LogP contribution in [-0.4, -0.2) is 11.1 Å². The van der Waals surface area contributed by atoms with E-state index in [0.717, 1.165) is 0 Å². The van der Waals surface area contributed by atoms with Crippen LogP contribution in [0.2, 0.25) is 0 Å². The van der Waals surface area contributed by atoms with E-state index in [1.807, 2.05) is 0 Å². The Balaban J connectivity index is 2.89. The summed E-state index contributed by atoms with van der Waals surface area (Å²) >= 11 is 0. The first-order valence-corrected chi connectivity index (χ1v) is 3.77. The first-order chi connectivity index (χ1) is 6.11. The lowest BCUT2D eigenvalue weighted by Crippen LogP contribution is -2.02. The van der Waals surface area contributed by atoms with Gasteiger partial charge in [0.15, 0.2) is 0 Å². The smallest absolute Gasteiger partial charge is 0.346 e. The number of carbonyl (C=O) groups is 1. The van der Waals surface area contributed by atoms with E-state index in [1.165, 1.54) is 12.1 Å². The second kappa shape index (κ2) is 3.76. The molecule has 0 aliphatic heterocycles. The average Bonchev–Trinajstić information content (AvgIpc) is 2.03. The van der Waals surface area contributed by atoms with Gasteiger partial charge >= 0.3 is 5.97 Å². The molecule has 0 radical (unpaired) electrons. The van der Waals surface area contributed by atoms with E-state index in [9.17, 15) is 9.90 Å². The summed E-state index contributed by atoms with van der Waals surface area (Å²) in [6, 6.07) is 6.19. The Hall–Kier alpha value is -1.77. The molecule has 3 nitrogen and oxygen atoms in total. The quantitative estimate of drug-likeness (QED) is 0.557. The number of esters is 1. The zero-order chi connectivity index (χ0) is 9.84. The third kappa shape index (κ3) is 2.33. The van der Waals surface area contributed by atoms with Crippen LogP contribution >= 0.6 is 0 Å². The number of rotatable bonds is 2. The van der Waals surface area contributed by atoms with Gasteiger partial charge in [0.1, 0.15) is 11.3 Å². The molecule has 0 spiro atoms. The van der Waals surface area contributed by atoms with Gasteiger partial charge in [-0.2, -0.15) is 0 Å². The summed E-state index contributed by atoms with van der Waals surface area (Å²) in [5, 5.41) is 9.26. The molecule has 68 valence electrons. The van der Waals surface area contributed by atoms with E-state index in [1.54, 1.807) is 19.1 Å². The molecule has 0 aliphatic carbocycles. The number of hydrogen-bond acceptors (Lipinski definition) is 3.